The monoisotopic (exact) mass is 329 g/mol. The van der Waals surface area contributed by atoms with Gasteiger partial charge in [-0.15, -0.1) is 10.2 Å². The van der Waals surface area contributed by atoms with E-state index in [2.05, 4.69) is 30.7 Å². The van der Waals surface area contributed by atoms with Crippen molar-refractivity contribution >= 4 is 39.3 Å². The van der Waals surface area contributed by atoms with Crippen LogP contribution in [0.15, 0.2) is 29.4 Å². The fourth-order valence-electron chi connectivity index (χ4n) is 1.82. The molecule has 1 atom stereocenters. The van der Waals surface area contributed by atoms with E-state index < -0.39 is 0 Å². The van der Waals surface area contributed by atoms with Crippen LogP contribution in [0.3, 0.4) is 0 Å². The van der Waals surface area contributed by atoms with Gasteiger partial charge in [-0.05, 0) is 24.3 Å². The third-order valence-corrected chi connectivity index (χ3v) is 5.27. The van der Waals surface area contributed by atoms with Gasteiger partial charge in [-0.1, -0.05) is 39.3 Å². The number of benzene rings is 1. The Kier molecular flexibility index (Phi) is 3.15. The fraction of sp³-hybridized carbons (Fsp3) is 0.273. The Morgan fingerprint density at radius 2 is 2.12 bits per heavy atom. The first kappa shape index (κ1) is 11.6. The van der Waals surface area contributed by atoms with Crippen LogP contribution in [0.4, 0.5) is 0 Å². The van der Waals surface area contributed by atoms with Crippen LogP contribution in [-0.4, -0.2) is 25.3 Å². The highest BCUT2D eigenvalue weighted by Gasteiger charge is 2.26. The molecular formula is C11H9BrClN3S. The van der Waals surface area contributed by atoms with Crippen LogP contribution in [-0.2, 0) is 6.54 Å². The minimum absolute atomic E-state index is 0.548. The predicted molar refractivity (Wildman–Crippen MR) is 73.9 cm³/mol. The summed E-state index contributed by atoms with van der Waals surface area (Å²) in [6.07, 6.45) is 0. The molecule has 17 heavy (non-hydrogen) atoms. The summed E-state index contributed by atoms with van der Waals surface area (Å²) < 4.78 is 2.17. The number of hydrogen-bond donors (Lipinski definition) is 0. The number of rotatable bonds is 2. The van der Waals surface area contributed by atoms with E-state index >= 15 is 0 Å². The smallest absolute Gasteiger partial charge is 0.191 e. The zero-order valence-corrected chi connectivity index (χ0v) is 12.0. The summed E-state index contributed by atoms with van der Waals surface area (Å²) in [5.74, 6) is 0.924. The normalized spacial score (nSPS) is 18.4. The molecule has 1 aromatic carbocycles. The third-order valence-electron chi connectivity index (χ3n) is 2.65. The largest absolute Gasteiger partial charge is 0.301 e. The molecule has 1 aliphatic rings. The van der Waals surface area contributed by atoms with Gasteiger partial charge in [-0.3, -0.25) is 0 Å². The van der Waals surface area contributed by atoms with Crippen LogP contribution in [0, 0.1) is 0 Å². The summed E-state index contributed by atoms with van der Waals surface area (Å²) in [7, 11) is 0. The summed E-state index contributed by atoms with van der Waals surface area (Å²) in [4.78, 5) is 0. The van der Waals surface area contributed by atoms with Gasteiger partial charge in [0.2, 0.25) is 0 Å². The lowest BCUT2D eigenvalue weighted by molar-refractivity contribution is 0.679. The second-order valence-electron chi connectivity index (χ2n) is 3.82. The lowest BCUT2D eigenvalue weighted by Crippen LogP contribution is -2.07. The molecule has 0 unspecified atom stereocenters. The maximum Gasteiger partial charge on any atom is 0.191 e. The van der Waals surface area contributed by atoms with Crippen molar-refractivity contribution in [2.75, 3.05) is 5.33 Å². The molecule has 1 aliphatic heterocycles. The van der Waals surface area contributed by atoms with Crippen molar-refractivity contribution in [1.29, 1.82) is 0 Å². The molecule has 3 rings (SSSR count). The molecule has 88 valence electrons. The first-order valence-corrected chi connectivity index (χ1v) is 7.57. The third kappa shape index (κ3) is 2.11. The Hall–Kier alpha value is -0.520. The molecule has 0 amide bonds. The quantitative estimate of drug-likeness (QED) is 0.790. The molecule has 3 nitrogen and oxygen atoms in total. The maximum atomic E-state index is 5.88. The van der Waals surface area contributed by atoms with Gasteiger partial charge in [0.1, 0.15) is 0 Å². The minimum atomic E-state index is 0.548. The van der Waals surface area contributed by atoms with Crippen LogP contribution in [0.5, 0.6) is 0 Å². The van der Waals surface area contributed by atoms with E-state index in [4.69, 9.17) is 11.6 Å². The Morgan fingerprint density at radius 1 is 1.35 bits per heavy atom. The van der Waals surface area contributed by atoms with Crippen molar-refractivity contribution in [3.63, 3.8) is 0 Å². The summed E-state index contributed by atoms with van der Waals surface area (Å²) in [5.41, 5.74) is 1.06. The van der Waals surface area contributed by atoms with Crippen LogP contribution >= 0.6 is 39.3 Å². The number of thioether (sulfide) groups is 1. The highest BCUT2D eigenvalue weighted by molar-refractivity contribution is 9.09. The minimum Gasteiger partial charge on any atom is -0.301 e. The predicted octanol–water partition coefficient (Wildman–Crippen LogP) is 3.47. The van der Waals surface area contributed by atoms with E-state index in [1.165, 1.54) is 0 Å². The van der Waals surface area contributed by atoms with Crippen molar-refractivity contribution in [1.82, 2.24) is 14.8 Å². The highest BCUT2D eigenvalue weighted by atomic mass is 79.9. The number of nitrogens with zero attached hydrogens (tertiary/aromatic N) is 3. The summed E-state index contributed by atoms with van der Waals surface area (Å²) in [6.45, 7) is 0.955. The van der Waals surface area contributed by atoms with Crippen molar-refractivity contribution in [3.8, 4) is 11.4 Å². The van der Waals surface area contributed by atoms with Gasteiger partial charge in [0.15, 0.2) is 11.0 Å². The second-order valence-corrected chi connectivity index (χ2v) is 6.17. The standard InChI is InChI=1S/C11H9BrClN3S/c12-5-9-6-16-10(14-15-11(16)17-9)7-1-3-8(13)4-2-7/h1-4,9H,5-6H2/t9-/m0/s1. The highest BCUT2D eigenvalue weighted by Crippen LogP contribution is 2.35. The number of halogens is 2. The van der Waals surface area contributed by atoms with Gasteiger partial charge in [0.05, 0.1) is 0 Å². The van der Waals surface area contributed by atoms with Gasteiger partial charge in [0, 0.05) is 27.7 Å². The first-order chi connectivity index (χ1) is 8.28. The van der Waals surface area contributed by atoms with Gasteiger partial charge in [-0.2, -0.15) is 0 Å². The molecule has 0 saturated carbocycles. The molecule has 2 aromatic rings. The molecule has 0 aliphatic carbocycles. The molecule has 0 N–H and O–H groups in total. The number of aromatic nitrogens is 3. The SMILES string of the molecule is Clc1ccc(-c2nnc3n2C[C@H](CBr)S3)cc1. The van der Waals surface area contributed by atoms with Crippen molar-refractivity contribution in [2.45, 2.75) is 17.0 Å². The van der Waals surface area contributed by atoms with E-state index in [9.17, 15) is 0 Å². The molecule has 2 heterocycles. The van der Waals surface area contributed by atoms with Crippen molar-refractivity contribution in [3.05, 3.63) is 29.3 Å². The average Bonchev–Trinajstić information content (AvgIpc) is 2.89. The maximum absolute atomic E-state index is 5.88. The molecule has 1 aromatic heterocycles. The summed E-state index contributed by atoms with van der Waals surface area (Å²) >= 11 is 11.2. The Morgan fingerprint density at radius 3 is 2.82 bits per heavy atom. The lowest BCUT2D eigenvalue weighted by atomic mass is 10.2. The van der Waals surface area contributed by atoms with E-state index in [1.54, 1.807) is 11.8 Å². The molecule has 0 bridgehead atoms. The topological polar surface area (TPSA) is 30.7 Å². The summed E-state index contributed by atoms with van der Waals surface area (Å²) in [6, 6.07) is 7.71. The van der Waals surface area contributed by atoms with E-state index in [1.807, 2.05) is 24.3 Å². The Bertz CT molecular complexity index is 540. The Balaban J connectivity index is 1.98. The van der Waals surface area contributed by atoms with Crippen LogP contribution in [0.1, 0.15) is 0 Å². The first-order valence-electron chi connectivity index (χ1n) is 5.19. The van der Waals surface area contributed by atoms with Gasteiger partial charge < -0.3 is 4.57 Å². The lowest BCUT2D eigenvalue weighted by Gasteiger charge is -2.05. The molecule has 0 saturated heterocycles. The molecule has 6 heteroatoms. The van der Waals surface area contributed by atoms with E-state index in [0.717, 1.165) is 33.4 Å². The molecule has 0 spiro atoms. The zero-order chi connectivity index (χ0) is 11.8. The number of fused-ring (bicyclic) bond motifs is 1. The van der Waals surface area contributed by atoms with Crippen LogP contribution in [0.25, 0.3) is 11.4 Å². The molecule has 0 fully saturated rings. The van der Waals surface area contributed by atoms with Crippen molar-refractivity contribution < 1.29 is 0 Å². The average molecular weight is 331 g/mol. The van der Waals surface area contributed by atoms with E-state index in [-0.39, 0.29) is 0 Å². The van der Waals surface area contributed by atoms with Gasteiger partial charge >= 0.3 is 0 Å². The van der Waals surface area contributed by atoms with Crippen molar-refractivity contribution in [2.24, 2.45) is 0 Å². The van der Waals surface area contributed by atoms with Crippen LogP contribution in [0.2, 0.25) is 5.02 Å². The molecular weight excluding hydrogens is 322 g/mol. The second kappa shape index (κ2) is 4.63. The van der Waals surface area contributed by atoms with Gasteiger partial charge in [-0.25, -0.2) is 0 Å². The van der Waals surface area contributed by atoms with Crippen LogP contribution < -0.4 is 0 Å². The van der Waals surface area contributed by atoms with E-state index in [0.29, 0.717) is 5.25 Å². The summed E-state index contributed by atoms with van der Waals surface area (Å²) in [5, 5.41) is 11.7. The zero-order valence-electron chi connectivity index (χ0n) is 8.81. The number of hydrogen-bond acceptors (Lipinski definition) is 3. The Labute approximate surface area is 117 Å². The van der Waals surface area contributed by atoms with Gasteiger partial charge in [0.25, 0.3) is 0 Å². The number of alkyl halides is 1. The fourth-order valence-corrected chi connectivity index (χ4v) is 3.51. The molecule has 0 radical (unpaired) electrons.